The van der Waals surface area contributed by atoms with Gasteiger partial charge in [0.05, 0.1) is 5.75 Å². The average Bonchev–Trinajstić information content (AvgIpc) is 2.48. The van der Waals surface area contributed by atoms with Gasteiger partial charge in [-0.1, -0.05) is 13.8 Å². The molecule has 0 aliphatic heterocycles. The molecule has 0 aromatic rings. The summed E-state index contributed by atoms with van der Waals surface area (Å²) < 4.78 is 26.9. The largest absolute Gasteiger partial charge is 0.299 e. The lowest BCUT2D eigenvalue weighted by atomic mass is 9.70. The van der Waals surface area contributed by atoms with Gasteiger partial charge in [-0.05, 0) is 38.0 Å². The molecule has 2 unspecified atom stereocenters. The van der Waals surface area contributed by atoms with E-state index in [0.717, 1.165) is 12.8 Å². The first-order valence-corrected chi connectivity index (χ1v) is 8.29. The van der Waals surface area contributed by atoms with E-state index < -0.39 is 15.4 Å². The van der Waals surface area contributed by atoms with Crippen LogP contribution in [0.1, 0.15) is 47.0 Å². The minimum absolute atomic E-state index is 0.0412. The molecule has 5 heteroatoms. The van der Waals surface area contributed by atoms with Crippen molar-refractivity contribution in [2.24, 2.45) is 16.7 Å². The molecular weight excluding hydrogens is 250 g/mol. The third-order valence-electron chi connectivity index (χ3n) is 4.99. The summed E-state index contributed by atoms with van der Waals surface area (Å²) >= 11 is 0. The summed E-state index contributed by atoms with van der Waals surface area (Å²) in [5.41, 5.74) is -0.839. The van der Waals surface area contributed by atoms with Crippen LogP contribution in [0.4, 0.5) is 0 Å². The maximum absolute atomic E-state index is 12.2. The van der Waals surface area contributed by atoms with E-state index in [0.29, 0.717) is 12.3 Å². The van der Waals surface area contributed by atoms with Crippen molar-refractivity contribution in [1.82, 2.24) is 4.72 Å². The fraction of sp³-hybridized carbons (Fsp3) is 0.923. The van der Waals surface area contributed by atoms with Gasteiger partial charge in [0.15, 0.2) is 0 Å². The lowest BCUT2D eigenvalue weighted by molar-refractivity contribution is -0.128. The van der Waals surface area contributed by atoms with E-state index in [1.807, 2.05) is 0 Å². The van der Waals surface area contributed by atoms with Crippen LogP contribution in [0, 0.1) is 16.7 Å². The second-order valence-electron chi connectivity index (χ2n) is 6.70. The second kappa shape index (κ2) is 4.04. The van der Waals surface area contributed by atoms with E-state index in [1.54, 1.807) is 13.8 Å². The fourth-order valence-electron chi connectivity index (χ4n) is 3.83. The molecule has 1 N–H and O–H groups in total. The van der Waals surface area contributed by atoms with E-state index in [9.17, 15) is 13.2 Å². The first-order chi connectivity index (χ1) is 8.11. The summed E-state index contributed by atoms with van der Waals surface area (Å²) in [5, 5.41) is 0. The van der Waals surface area contributed by atoms with Crippen molar-refractivity contribution in [2.75, 3.05) is 5.75 Å². The van der Waals surface area contributed by atoms with E-state index in [2.05, 4.69) is 18.6 Å². The smallest absolute Gasteiger partial charge is 0.212 e. The molecule has 0 spiro atoms. The minimum atomic E-state index is -3.38. The molecule has 0 amide bonds. The quantitative estimate of drug-likeness (QED) is 0.848. The number of sulfonamides is 1. The zero-order valence-electron chi connectivity index (χ0n) is 11.6. The first-order valence-electron chi connectivity index (χ1n) is 6.64. The molecule has 0 saturated heterocycles. The van der Waals surface area contributed by atoms with Crippen LogP contribution in [0.5, 0.6) is 0 Å². The van der Waals surface area contributed by atoms with Gasteiger partial charge in [0.1, 0.15) is 5.78 Å². The van der Waals surface area contributed by atoms with Crippen LogP contribution in [0.2, 0.25) is 0 Å². The Bertz CT molecular complexity index is 467. The topological polar surface area (TPSA) is 63.2 Å². The van der Waals surface area contributed by atoms with E-state index >= 15 is 0 Å². The van der Waals surface area contributed by atoms with Gasteiger partial charge >= 0.3 is 0 Å². The van der Waals surface area contributed by atoms with Crippen LogP contribution in [-0.2, 0) is 14.8 Å². The van der Waals surface area contributed by atoms with Gasteiger partial charge in [0.2, 0.25) is 10.0 Å². The first kappa shape index (κ1) is 14.0. The summed E-state index contributed by atoms with van der Waals surface area (Å²) in [4.78, 5) is 12.2. The van der Waals surface area contributed by atoms with E-state index in [1.165, 1.54) is 0 Å². The molecule has 2 aliphatic rings. The van der Waals surface area contributed by atoms with Gasteiger partial charge in [-0.3, -0.25) is 4.79 Å². The predicted molar refractivity (Wildman–Crippen MR) is 70.6 cm³/mol. The molecule has 4 nitrogen and oxygen atoms in total. The minimum Gasteiger partial charge on any atom is -0.299 e. The Kier molecular flexibility index (Phi) is 3.14. The Morgan fingerprint density at radius 1 is 1.39 bits per heavy atom. The van der Waals surface area contributed by atoms with E-state index in [-0.39, 0.29) is 23.0 Å². The number of Topliss-reactive ketones (excluding diaryl/α,β-unsaturated/α-hetero) is 1. The number of nitrogens with one attached hydrogen (secondary N) is 1. The lowest BCUT2D eigenvalue weighted by Gasteiger charge is -2.36. The molecule has 0 aromatic heterocycles. The standard InChI is InChI=1S/C13H23NO3S/c1-9(2)14-18(16,17)8-13-6-5-10(7-11(13)15)12(13,3)4/h9-10,14H,5-8H2,1-4H3. The highest BCUT2D eigenvalue weighted by Crippen LogP contribution is 2.64. The van der Waals surface area contributed by atoms with Crippen molar-refractivity contribution in [1.29, 1.82) is 0 Å². The van der Waals surface area contributed by atoms with Crippen molar-refractivity contribution in [3.05, 3.63) is 0 Å². The van der Waals surface area contributed by atoms with Gasteiger partial charge in [-0.2, -0.15) is 0 Å². The molecule has 2 aliphatic carbocycles. The monoisotopic (exact) mass is 273 g/mol. The third kappa shape index (κ3) is 1.92. The highest BCUT2D eigenvalue weighted by molar-refractivity contribution is 7.89. The fourth-order valence-corrected chi connectivity index (χ4v) is 5.96. The van der Waals surface area contributed by atoms with Crippen LogP contribution in [0.25, 0.3) is 0 Å². The molecule has 2 saturated carbocycles. The SMILES string of the molecule is CC(C)NS(=O)(=O)CC12CCC(CC1=O)C2(C)C. The van der Waals surface area contributed by atoms with Gasteiger partial charge < -0.3 is 0 Å². The Morgan fingerprint density at radius 3 is 2.39 bits per heavy atom. The predicted octanol–water partition coefficient (Wildman–Crippen LogP) is 1.71. The average molecular weight is 273 g/mol. The summed E-state index contributed by atoms with van der Waals surface area (Å²) in [6, 6.07) is -0.122. The van der Waals surface area contributed by atoms with Crippen LogP contribution < -0.4 is 4.72 Å². The summed E-state index contributed by atoms with van der Waals surface area (Å²) in [5.74, 6) is 0.470. The van der Waals surface area contributed by atoms with E-state index in [4.69, 9.17) is 0 Å². The van der Waals surface area contributed by atoms with Gasteiger partial charge in [-0.25, -0.2) is 13.1 Å². The normalized spacial score (nSPS) is 34.5. The summed E-state index contributed by atoms with van der Waals surface area (Å²) in [6.07, 6.45) is 2.27. The Hall–Kier alpha value is -0.420. The molecule has 2 rings (SSSR count). The highest BCUT2D eigenvalue weighted by atomic mass is 32.2. The molecule has 2 bridgehead atoms. The maximum Gasteiger partial charge on any atom is 0.212 e. The number of rotatable bonds is 4. The maximum atomic E-state index is 12.2. The number of fused-ring (bicyclic) bond motifs is 2. The zero-order valence-corrected chi connectivity index (χ0v) is 12.4. The molecule has 18 heavy (non-hydrogen) atoms. The molecule has 104 valence electrons. The molecule has 0 heterocycles. The Balaban J connectivity index is 2.30. The van der Waals surface area contributed by atoms with Crippen molar-refractivity contribution in [2.45, 2.75) is 53.0 Å². The van der Waals surface area contributed by atoms with Crippen LogP contribution in [-0.4, -0.2) is 26.0 Å². The third-order valence-corrected chi connectivity index (χ3v) is 6.69. The van der Waals surface area contributed by atoms with Gasteiger partial charge in [-0.15, -0.1) is 0 Å². The zero-order chi connectivity index (χ0) is 13.8. The molecule has 2 atom stereocenters. The second-order valence-corrected chi connectivity index (χ2v) is 8.45. The number of hydrogen-bond acceptors (Lipinski definition) is 3. The van der Waals surface area contributed by atoms with Crippen molar-refractivity contribution in [3.8, 4) is 0 Å². The number of carbonyl (C=O) groups is 1. The van der Waals surface area contributed by atoms with Crippen LogP contribution >= 0.6 is 0 Å². The molecule has 0 radical (unpaired) electrons. The van der Waals surface area contributed by atoms with Gasteiger partial charge in [0, 0.05) is 17.9 Å². The van der Waals surface area contributed by atoms with Gasteiger partial charge in [0.25, 0.3) is 0 Å². The Morgan fingerprint density at radius 2 is 2.00 bits per heavy atom. The number of carbonyl (C=O) groups excluding carboxylic acids is 1. The van der Waals surface area contributed by atoms with Crippen molar-refractivity contribution >= 4 is 15.8 Å². The Labute approximate surface area is 110 Å². The summed E-state index contributed by atoms with van der Waals surface area (Å²) in [7, 11) is -3.38. The molecular formula is C13H23NO3S. The van der Waals surface area contributed by atoms with Crippen LogP contribution in [0.15, 0.2) is 0 Å². The van der Waals surface area contributed by atoms with Crippen molar-refractivity contribution < 1.29 is 13.2 Å². The van der Waals surface area contributed by atoms with Crippen LogP contribution in [0.3, 0.4) is 0 Å². The molecule has 0 aromatic carbocycles. The summed E-state index contributed by atoms with van der Waals surface area (Å²) in [6.45, 7) is 7.71. The number of ketones is 1. The van der Waals surface area contributed by atoms with Crippen molar-refractivity contribution in [3.63, 3.8) is 0 Å². The lowest BCUT2D eigenvalue weighted by Crippen LogP contribution is -2.46. The molecule has 2 fully saturated rings. The number of hydrogen-bond donors (Lipinski definition) is 1. The highest BCUT2D eigenvalue weighted by Gasteiger charge is 2.65.